The Morgan fingerprint density at radius 3 is 2.46 bits per heavy atom. The van der Waals surface area contributed by atoms with Gasteiger partial charge in [0.2, 0.25) is 10.0 Å². The summed E-state index contributed by atoms with van der Waals surface area (Å²) >= 11 is 0. The molecule has 0 saturated carbocycles. The van der Waals surface area contributed by atoms with Crippen LogP contribution in [0.4, 0.5) is 0 Å². The van der Waals surface area contributed by atoms with Crippen LogP contribution < -0.4 is 10.0 Å². The number of carboxylic acid groups (broad SMARTS) is 1. The molecule has 24 heavy (non-hydrogen) atoms. The molecule has 0 aliphatic rings. The molecule has 0 spiro atoms. The number of aliphatic carboxylic acids is 1. The summed E-state index contributed by atoms with van der Waals surface area (Å²) < 4.78 is 26.5. The molecule has 134 valence electrons. The minimum atomic E-state index is -3.69. The molecule has 0 aliphatic carbocycles. The van der Waals surface area contributed by atoms with Crippen molar-refractivity contribution in [1.29, 1.82) is 0 Å². The fraction of sp³-hybridized carbons (Fsp3) is 0.500. The maximum absolute atomic E-state index is 12.4. The number of rotatable bonds is 9. The lowest BCUT2D eigenvalue weighted by Gasteiger charge is -2.16. The largest absolute Gasteiger partial charge is 0.480 e. The summed E-state index contributed by atoms with van der Waals surface area (Å²) in [6.07, 6.45) is 1.81. The number of unbranched alkanes of at least 4 members (excludes halogenated alkanes) is 1. The molecule has 7 nitrogen and oxygen atoms in total. The first-order valence-electron chi connectivity index (χ1n) is 7.86. The molecule has 1 rings (SSSR count). The Kier molecular flexibility index (Phi) is 7.37. The summed E-state index contributed by atoms with van der Waals surface area (Å²) in [5.41, 5.74) is 0.722. The number of amides is 1. The Hall–Kier alpha value is -1.93. The molecule has 1 aromatic carbocycles. The van der Waals surface area contributed by atoms with Crippen molar-refractivity contribution in [3.05, 3.63) is 29.3 Å². The minimum absolute atomic E-state index is 0.0273. The summed E-state index contributed by atoms with van der Waals surface area (Å²) in [4.78, 5) is 23.6. The third-order valence-corrected chi connectivity index (χ3v) is 5.09. The van der Waals surface area contributed by atoms with Crippen LogP contribution in [-0.4, -0.2) is 38.0 Å². The lowest BCUT2D eigenvalue weighted by molar-refractivity contribution is -0.139. The number of carbonyl (C=O) groups is 2. The topological polar surface area (TPSA) is 113 Å². The standard InChI is InChI=1S/C16H24N2O5S/c1-4-6-7-14(16(20)21)18-15(19)13-10-12(9-8-11(13)3)24(22,23)17-5-2/h8-10,14,17H,4-7H2,1-3H3,(H,18,19)(H,20,21)/t14-/m0/s1. The van der Waals surface area contributed by atoms with Gasteiger partial charge in [-0.3, -0.25) is 4.79 Å². The Morgan fingerprint density at radius 1 is 1.25 bits per heavy atom. The lowest BCUT2D eigenvalue weighted by atomic mass is 10.1. The molecular weight excluding hydrogens is 332 g/mol. The first-order valence-corrected chi connectivity index (χ1v) is 9.35. The van der Waals surface area contributed by atoms with Crippen molar-refractivity contribution in [3.8, 4) is 0 Å². The molecule has 8 heteroatoms. The molecule has 0 radical (unpaired) electrons. The quantitative estimate of drug-likeness (QED) is 0.623. The van der Waals surface area contributed by atoms with Gasteiger partial charge in [0, 0.05) is 12.1 Å². The van der Waals surface area contributed by atoms with Gasteiger partial charge in [0.1, 0.15) is 6.04 Å². The molecule has 0 saturated heterocycles. The van der Waals surface area contributed by atoms with Gasteiger partial charge in [-0.15, -0.1) is 0 Å². The second-order valence-corrected chi connectivity index (χ2v) is 7.25. The smallest absolute Gasteiger partial charge is 0.326 e. The summed E-state index contributed by atoms with van der Waals surface area (Å²) in [5, 5.41) is 11.7. The minimum Gasteiger partial charge on any atom is -0.480 e. The van der Waals surface area contributed by atoms with E-state index in [2.05, 4.69) is 10.0 Å². The van der Waals surface area contributed by atoms with Crippen LogP contribution in [0.3, 0.4) is 0 Å². The molecule has 0 aromatic heterocycles. The average molecular weight is 356 g/mol. The van der Waals surface area contributed by atoms with Crippen LogP contribution in [-0.2, 0) is 14.8 Å². The molecular formula is C16H24N2O5S. The molecule has 1 aromatic rings. The molecule has 1 atom stereocenters. The van der Waals surface area contributed by atoms with Crippen molar-refractivity contribution in [2.24, 2.45) is 0 Å². The van der Waals surface area contributed by atoms with E-state index in [0.29, 0.717) is 18.4 Å². The van der Waals surface area contributed by atoms with E-state index in [0.717, 1.165) is 6.42 Å². The number of aryl methyl sites for hydroxylation is 1. The second kappa shape index (κ2) is 8.79. The van der Waals surface area contributed by atoms with Crippen LogP contribution in [0.15, 0.2) is 23.1 Å². The van der Waals surface area contributed by atoms with Gasteiger partial charge in [-0.2, -0.15) is 0 Å². The van der Waals surface area contributed by atoms with Gasteiger partial charge in [0.05, 0.1) is 4.90 Å². The number of carbonyl (C=O) groups excluding carboxylic acids is 1. The van der Waals surface area contributed by atoms with Crippen LogP contribution in [0.1, 0.15) is 49.0 Å². The predicted octanol–water partition coefficient (Wildman–Crippen LogP) is 1.67. The number of sulfonamides is 1. The van der Waals surface area contributed by atoms with E-state index in [-0.39, 0.29) is 17.0 Å². The normalized spacial score (nSPS) is 12.6. The van der Waals surface area contributed by atoms with Crippen molar-refractivity contribution in [3.63, 3.8) is 0 Å². The van der Waals surface area contributed by atoms with Crippen molar-refractivity contribution >= 4 is 21.9 Å². The molecule has 0 aliphatic heterocycles. The molecule has 1 amide bonds. The van der Waals surface area contributed by atoms with E-state index in [4.69, 9.17) is 0 Å². The van der Waals surface area contributed by atoms with Crippen LogP contribution in [0, 0.1) is 6.92 Å². The predicted molar refractivity (Wildman–Crippen MR) is 90.5 cm³/mol. The Labute approximate surface area is 142 Å². The van der Waals surface area contributed by atoms with E-state index in [1.807, 2.05) is 6.92 Å². The first-order chi connectivity index (χ1) is 11.2. The highest BCUT2D eigenvalue weighted by molar-refractivity contribution is 7.89. The maximum Gasteiger partial charge on any atom is 0.326 e. The number of carboxylic acids is 1. The lowest BCUT2D eigenvalue weighted by Crippen LogP contribution is -2.41. The van der Waals surface area contributed by atoms with E-state index in [1.54, 1.807) is 13.8 Å². The first kappa shape index (κ1) is 20.1. The number of hydrogen-bond acceptors (Lipinski definition) is 4. The third kappa shape index (κ3) is 5.31. The summed E-state index contributed by atoms with van der Waals surface area (Å²) in [6, 6.07) is 3.21. The highest BCUT2D eigenvalue weighted by Crippen LogP contribution is 2.16. The van der Waals surface area contributed by atoms with E-state index >= 15 is 0 Å². The number of benzene rings is 1. The van der Waals surface area contributed by atoms with Gasteiger partial charge >= 0.3 is 5.97 Å². The number of hydrogen-bond donors (Lipinski definition) is 3. The molecule has 0 unspecified atom stereocenters. The Balaban J connectivity index is 3.07. The SMILES string of the molecule is CCCC[C@H](NC(=O)c1cc(S(=O)(=O)NCC)ccc1C)C(=O)O. The second-order valence-electron chi connectivity index (χ2n) is 5.48. The fourth-order valence-corrected chi connectivity index (χ4v) is 3.25. The van der Waals surface area contributed by atoms with Crippen molar-refractivity contribution in [2.75, 3.05) is 6.54 Å². The molecule has 0 heterocycles. The maximum atomic E-state index is 12.4. The highest BCUT2D eigenvalue weighted by Gasteiger charge is 2.22. The van der Waals surface area contributed by atoms with Crippen LogP contribution >= 0.6 is 0 Å². The molecule has 3 N–H and O–H groups in total. The van der Waals surface area contributed by atoms with Gasteiger partial charge in [0.15, 0.2) is 0 Å². The van der Waals surface area contributed by atoms with Gasteiger partial charge in [-0.1, -0.05) is 32.8 Å². The zero-order chi connectivity index (χ0) is 18.3. The van der Waals surface area contributed by atoms with E-state index in [9.17, 15) is 23.1 Å². The molecule has 0 fully saturated rings. The Bertz CT molecular complexity index is 700. The van der Waals surface area contributed by atoms with Gasteiger partial charge in [0.25, 0.3) is 5.91 Å². The highest BCUT2D eigenvalue weighted by atomic mass is 32.2. The van der Waals surface area contributed by atoms with Crippen LogP contribution in [0.25, 0.3) is 0 Å². The average Bonchev–Trinajstić information content (AvgIpc) is 2.51. The molecule has 0 bridgehead atoms. The zero-order valence-corrected chi connectivity index (χ0v) is 14.9. The van der Waals surface area contributed by atoms with E-state index < -0.39 is 27.9 Å². The third-order valence-electron chi connectivity index (χ3n) is 3.55. The monoisotopic (exact) mass is 356 g/mol. The van der Waals surface area contributed by atoms with Crippen molar-refractivity contribution in [2.45, 2.75) is 51.0 Å². The number of nitrogens with one attached hydrogen (secondary N) is 2. The van der Waals surface area contributed by atoms with Crippen molar-refractivity contribution in [1.82, 2.24) is 10.0 Å². The van der Waals surface area contributed by atoms with Crippen LogP contribution in [0.5, 0.6) is 0 Å². The van der Waals surface area contributed by atoms with Gasteiger partial charge < -0.3 is 10.4 Å². The zero-order valence-electron chi connectivity index (χ0n) is 14.1. The van der Waals surface area contributed by atoms with Crippen molar-refractivity contribution < 1.29 is 23.1 Å². The van der Waals surface area contributed by atoms with Gasteiger partial charge in [-0.05, 0) is 31.0 Å². The van der Waals surface area contributed by atoms with Gasteiger partial charge in [-0.25, -0.2) is 17.9 Å². The Morgan fingerprint density at radius 2 is 1.92 bits per heavy atom. The van der Waals surface area contributed by atoms with E-state index in [1.165, 1.54) is 18.2 Å². The van der Waals surface area contributed by atoms with Crippen LogP contribution in [0.2, 0.25) is 0 Å². The fourth-order valence-electron chi connectivity index (χ4n) is 2.19. The summed E-state index contributed by atoms with van der Waals surface area (Å²) in [7, 11) is -3.69. The summed E-state index contributed by atoms with van der Waals surface area (Å²) in [5.74, 6) is -1.70. The summed E-state index contributed by atoms with van der Waals surface area (Å²) in [6.45, 7) is 5.49.